The number of ether oxygens (including phenoxy) is 1. The van der Waals surface area contributed by atoms with Crippen molar-refractivity contribution in [2.75, 3.05) is 12.4 Å². The summed E-state index contributed by atoms with van der Waals surface area (Å²) >= 11 is 1.15. The van der Waals surface area contributed by atoms with Crippen LogP contribution in [0.5, 0.6) is 0 Å². The predicted molar refractivity (Wildman–Crippen MR) is 97.6 cm³/mol. The number of nitro groups is 1. The molecule has 3 rings (SSSR count). The second-order valence-corrected chi connectivity index (χ2v) is 7.65. The van der Waals surface area contributed by atoms with Crippen molar-refractivity contribution in [2.24, 2.45) is 7.05 Å². The number of carboxylic acids is 1. The molecule has 160 valence electrons. The maximum atomic E-state index is 12.6. The molecule has 1 aromatic rings. The Bertz CT molecular complexity index is 1020. The van der Waals surface area contributed by atoms with Crippen LogP contribution in [0.3, 0.4) is 0 Å². The van der Waals surface area contributed by atoms with Crippen LogP contribution in [0.2, 0.25) is 0 Å². The quantitative estimate of drug-likeness (QED) is 0.231. The molecule has 1 aromatic heterocycles. The van der Waals surface area contributed by atoms with Crippen molar-refractivity contribution in [3.05, 3.63) is 32.8 Å². The van der Waals surface area contributed by atoms with E-state index in [1.165, 1.54) is 18.7 Å². The number of aromatic nitrogens is 2. The van der Waals surface area contributed by atoms with Gasteiger partial charge in [0.05, 0.1) is 16.6 Å². The number of thioether (sulfide) groups is 1. The first-order chi connectivity index (χ1) is 14.0. The highest BCUT2D eigenvalue weighted by molar-refractivity contribution is 8.00. The van der Waals surface area contributed by atoms with Gasteiger partial charge in [0.25, 0.3) is 11.8 Å². The van der Waals surface area contributed by atoms with Gasteiger partial charge in [-0.1, -0.05) is 0 Å². The maximum Gasteiger partial charge on any atom is 0.322 e. The number of nitrogens with zero attached hydrogens (tertiary/aromatic N) is 4. The van der Waals surface area contributed by atoms with Crippen LogP contribution in [0.15, 0.2) is 11.3 Å². The van der Waals surface area contributed by atoms with E-state index in [0.717, 1.165) is 23.6 Å². The third-order valence-corrected chi connectivity index (χ3v) is 6.02. The number of hydrogen-bond acceptors (Lipinski definition) is 10. The summed E-state index contributed by atoms with van der Waals surface area (Å²) in [5.41, 5.74) is -0.973. The number of carbonyl (C=O) groups is 4. The number of β-lactam (4-membered cyclic amide) rings is 1. The molecule has 1 saturated heterocycles. The van der Waals surface area contributed by atoms with Gasteiger partial charge in [0.15, 0.2) is 0 Å². The summed E-state index contributed by atoms with van der Waals surface area (Å²) in [6, 6.07) is -1.10. The molecule has 0 saturated carbocycles. The maximum absolute atomic E-state index is 12.6. The highest BCUT2D eigenvalue weighted by Crippen LogP contribution is 2.40. The third-order valence-electron chi connectivity index (χ3n) is 4.68. The average molecular weight is 438 g/mol. The summed E-state index contributed by atoms with van der Waals surface area (Å²) < 4.78 is 6.00. The summed E-state index contributed by atoms with van der Waals surface area (Å²) in [6.07, 6.45) is 0. The summed E-state index contributed by atoms with van der Waals surface area (Å²) in [7, 11) is 1.44. The van der Waals surface area contributed by atoms with Gasteiger partial charge in [-0.15, -0.1) is 11.8 Å². The number of nitrogens with one attached hydrogen (secondary N) is 1. The number of carboxylic acid groups (broad SMARTS) is 1. The highest BCUT2D eigenvalue weighted by Gasteiger charge is 2.53. The first-order valence-electron chi connectivity index (χ1n) is 8.54. The minimum atomic E-state index is -1.61. The lowest BCUT2D eigenvalue weighted by atomic mass is 10.0. The Morgan fingerprint density at radius 3 is 2.63 bits per heavy atom. The van der Waals surface area contributed by atoms with Crippen LogP contribution in [0, 0.1) is 17.0 Å². The van der Waals surface area contributed by atoms with E-state index in [4.69, 9.17) is 4.74 Å². The number of amides is 2. The van der Waals surface area contributed by atoms with Crippen LogP contribution in [0.1, 0.15) is 23.1 Å². The normalized spacial score (nSPS) is 20.4. The number of carbonyl (C=O) groups excluding carboxylic acids is 4. The molecule has 3 heterocycles. The molecule has 0 spiro atoms. The Morgan fingerprint density at radius 1 is 1.40 bits per heavy atom. The number of esters is 1. The van der Waals surface area contributed by atoms with Crippen molar-refractivity contribution >= 4 is 41.2 Å². The number of aliphatic carboxylic acids is 1. The smallest absolute Gasteiger partial charge is 0.322 e. The fraction of sp³-hybridized carbons (Fsp3) is 0.438. The molecule has 0 aromatic carbocycles. The Morgan fingerprint density at radius 2 is 2.07 bits per heavy atom. The minimum Gasteiger partial charge on any atom is -0.543 e. The molecule has 30 heavy (non-hydrogen) atoms. The van der Waals surface area contributed by atoms with Crippen LogP contribution >= 0.6 is 11.8 Å². The van der Waals surface area contributed by atoms with E-state index in [0.29, 0.717) is 0 Å². The van der Waals surface area contributed by atoms with Crippen molar-refractivity contribution in [1.29, 1.82) is 0 Å². The molecule has 1 N–H and O–H groups in total. The van der Waals surface area contributed by atoms with Gasteiger partial charge in [-0.05, 0) is 6.92 Å². The van der Waals surface area contributed by atoms with E-state index >= 15 is 0 Å². The first kappa shape index (κ1) is 21.3. The van der Waals surface area contributed by atoms with Gasteiger partial charge in [-0.25, -0.2) is 0 Å². The highest BCUT2D eigenvalue weighted by atomic mass is 32.2. The van der Waals surface area contributed by atoms with E-state index in [1.54, 1.807) is 0 Å². The van der Waals surface area contributed by atoms with E-state index in [-0.39, 0.29) is 23.6 Å². The molecule has 2 aliphatic rings. The third kappa shape index (κ3) is 3.49. The minimum absolute atomic E-state index is 0.125. The molecule has 2 unspecified atom stereocenters. The largest absolute Gasteiger partial charge is 0.543 e. The van der Waals surface area contributed by atoms with Gasteiger partial charge in [0, 0.05) is 25.3 Å². The SMILES string of the molecule is CC(=O)OCC1=C(C(=O)[O-])N2C(=O)C(NC(=O)c3nn(C)c(C)c3[N+](=O)[O-])C2SC1. The van der Waals surface area contributed by atoms with E-state index < -0.39 is 57.2 Å². The predicted octanol–water partition coefficient (Wildman–Crippen LogP) is -1.78. The standard InChI is InChI=1S/C16H17N5O8S/c1-6-11(21(27)28)9(18-19(6)3)13(23)17-10-14(24)20-12(16(25)26)8(4-29-7(2)22)5-30-15(10)20/h10,15H,4-5H2,1-3H3,(H,17,23)(H,25,26)/p-1. The molecular weight excluding hydrogens is 422 g/mol. The number of aryl methyl sites for hydroxylation is 1. The Labute approximate surface area is 173 Å². The Balaban J connectivity index is 1.81. The van der Waals surface area contributed by atoms with Gasteiger partial charge in [0.2, 0.25) is 5.69 Å². The molecule has 2 amide bonds. The summed E-state index contributed by atoms with van der Waals surface area (Å²) in [6.45, 7) is 2.28. The molecule has 0 bridgehead atoms. The van der Waals surface area contributed by atoms with Crippen LogP contribution < -0.4 is 10.4 Å². The summed E-state index contributed by atoms with van der Waals surface area (Å²) in [5, 5.41) is 28.3. The average Bonchev–Trinajstić information content (AvgIpc) is 2.98. The molecule has 0 radical (unpaired) electrons. The van der Waals surface area contributed by atoms with Gasteiger partial charge in [0.1, 0.15) is 23.7 Å². The van der Waals surface area contributed by atoms with E-state index in [9.17, 15) is 34.4 Å². The fourth-order valence-corrected chi connectivity index (χ4v) is 4.48. The van der Waals surface area contributed by atoms with Crippen LogP contribution in [0.4, 0.5) is 5.69 Å². The van der Waals surface area contributed by atoms with Crippen LogP contribution in [-0.2, 0) is 26.2 Å². The van der Waals surface area contributed by atoms with Crippen molar-refractivity contribution < 1.29 is 33.9 Å². The van der Waals surface area contributed by atoms with Crippen molar-refractivity contribution in [3.8, 4) is 0 Å². The van der Waals surface area contributed by atoms with Crippen molar-refractivity contribution in [1.82, 2.24) is 20.0 Å². The monoisotopic (exact) mass is 438 g/mol. The second-order valence-electron chi connectivity index (χ2n) is 6.54. The molecule has 14 heteroatoms. The lowest BCUT2D eigenvalue weighted by Gasteiger charge is -2.50. The molecule has 0 aliphatic carbocycles. The molecule has 2 atom stereocenters. The number of fused-ring (bicyclic) bond motifs is 1. The van der Waals surface area contributed by atoms with Gasteiger partial charge in [-0.3, -0.25) is 34.1 Å². The van der Waals surface area contributed by atoms with Crippen LogP contribution in [-0.4, -0.2) is 67.1 Å². The lowest BCUT2D eigenvalue weighted by Crippen LogP contribution is -2.71. The van der Waals surface area contributed by atoms with E-state index in [2.05, 4.69) is 10.4 Å². The number of hydrogen-bond donors (Lipinski definition) is 1. The van der Waals surface area contributed by atoms with Crippen LogP contribution in [0.25, 0.3) is 0 Å². The van der Waals surface area contributed by atoms with Crippen molar-refractivity contribution in [2.45, 2.75) is 25.3 Å². The summed E-state index contributed by atoms with van der Waals surface area (Å²) in [5.74, 6) is -3.75. The molecular formula is C16H16N5O8S-. The van der Waals surface area contributed by atoms with E-state index in [1.807, 2.05) is 0 Å². The zero-order valence-corrected chi connectivity index (χ0v) is 16.8. The second kappa shape index (κ2) is 7.78. The van der Waals surface area contributed by atoms with Gasteiger partial charge < -0.3 is 20.0 Å². The number of rotatable bonds is 6. The summed E-state index contributed by atoms with van der Waals surface area (Å²) in [4.78, 5) is 59.1. The molecule has 2 aliphatic heterocycles. The van der Waals surface area contributed by atoms with Gasteiger partial charge >= 0.3 is 11.7 Å². The van der Waals surface area contributed by atoms with Crippen molar-refractivity contribution in [3.63, 3.8) is 0 Å². The Kier molecular flexibility index (Phi) is 5.52. The lowest BCUT2D eigenvalue weighted by molar-refractivity contribution is -0.385. The fourth-order valence-electron chi connectivity index (χ4n) is 3.15. The zero-order chi connectivity index (χ0) is 22.3. The first-order valence-corrected chi connectivity index (χ1v) is 9.59. The zero-order valence-electron chi connectivity index (χ0n) is 16.0. The topological polar surface area (TPSA) is 177 Å². The Hall–Kier alpha value is -3.42. The van der Waals surface area contributed by atoms with Gasteiger partial charge in [-0.2, -0.15) is 5.10 Å². The molecule has 13 nitrogen and oxygen atoms in total. The molecule has 1 fully saturated rings.